The number of rotatable bonds is 8. The van der Waals surface area contributed by atoms with Gasteiger partial charge in [0.05, 0.1) is 6.04 Å². The van der Waals surface area contributed by atoms with Gasteiger partial charge in [0.15, 0.2) is 0 Å². The molecule has 2 rings (SSSR count). The summed E-state index contributed by atoms with van der Waals surface area (Å²) in [7, 11) is 0. The second-order valence-electron chi connectivity index (χ2n) is 5.85. The van der Waals surface area contributed by atoms with Crippen LogP contribution in [0.2, 0.25) is 0 Å². The number of thiophene rings is 1. The molecule has 2 atom stereocenters. The van der Waals surface area contributed by atoms with Crippen LogP contribution in [-0.4, -0.2) is 36.6 Å². The van der Waals surface area contributed by atoms with Crippen molar-refractivity contribution >= 4 is 17.2 Å². The highest BCUT2D eigenvalue weighted by Gasteiger charge is 2.39. The second kappa shape index (κ2) is 7.92. The van der Waals surface area contributed by atoms with Gasteiger partial charge in [0.25, 0.3) is 0 Å². The number of nitrogens with zero attached hydrogens (tertiary/aromatic N) is 1. The van der Waals surface area contributed by atoms with E-state index in [4.69, 9.17) is 4.74 Å². The predicted octanol–water partition coefficient (Wildman–Crippen LogP) is 3.02. The predicted molar refractivity (Wildman–Crippen MR) is 86.3 cm³/mol. The molecule has 5 heteroatoms. The van der Waals surface area contributed by atoms with E-state index in [2.05, 4.69) is 30.6 Å². The van der Waals surface area contributed by atoms with Crippen molar-refractivity contribution in [2.75, 3.05) is 19.8 Å². The molecule has 1 aromatic rings. The first-order valence-electron chi connectivity index (χ1n) is 7.81. The standard InChI is InChI=1S/C16H26N2O2S/c1-4-20-9-6-8-18-15(14-7-5-10-21-14)17-13(16(18)19)11-12(2)3/h5,7,10,12-13,15,17H,4,6,8-9,11H2,1-3H3. The highest BCUT2D eigenvalue weighted by Crippen LogP contribution is 2.30. The third-order valence-corrected chi connectivity index (χ3v) is 4.59. The van der Waals surface area contributed by atoms with E-state index in [1.165, 1.54) is 4.88 Å². The molecule has 2 heterocycles. The van der Waals surface area contributed by atoms with Crippen molar-refractivity contribution in [1.82, 2.24) is 10.2 Å². The molecule has 0 radical (unpaired) electrons. The maximum atomic E-state index is 12.6. The minimum absolute atomic E-state index is 0.0304. The first-order valence-corrected chi connectivity index (χ1v) is 8.69. The van der Waals surface area contributed by atoms with Gasteiger partial charge in [0, 0.05) is 24.6 Å². The van der Waals surface area contributed by atoms with Gasteiger partial charge in [0.1, 0.15) is 6.17 Å². The maximum absolute atomic E-state index is 12.6. The molecule has 1 amide bonds. The molecule has 0 saturated carbocycles. The van der Waals surface area contributed by atoms with Crippen molar-refractivity contribution < 1.29 is 9.53 Å². The molecule has 0 aromatic carbocycles. The highest BCUT2D eigenvalue weighted by atomic mass is 32.1. The number of carbonyl (C=O) groups excluding carboxylic acids is 1. The van der Waals surface area contributed by atoms with Crippen molar-refractivity contribution in [3.8, 4) is 0 Å². The SMILES string of the molecule is CCOCCCN1C(=O)C(CC(C)C)NC1c1cccs1. The molecule has 2 unspecified atom stereocenters. The molecule has 1 N–H and O–H groups in total. The summed E-state index contributed by atoms with van der Waals surface area (Å²) in [5.41, 5.74) is 0. The van der Waals surface area contributed by atoms with Crippen LogP contribution in [0.5, 0.6) is 0 Å². The average Bonchev–Trinajstić information content (AvgIpc) is 3.05. The van der Waals surface area contributed by atoms with Crippen molar-refractivity contribution in [3.05, 3.63) is 22.4 Å². The summed E-state index contributed by atoms with van der Waals surface area (Å²) >= 11 is 1.70. The van der Waals surface area contributed by atoms with Crippen molar-refractivity contribution in [3.63, 3.8) is 0 Å². The summed E-state index contributed by atoms with van der Waals surface area (Å²) in [6.45, 7) is 8.52. The Hall–Kier alpha value is -0.910. The maximum Gasteiger partial charge on any atom is 0.241 e. The van der Waals surface area contributed by atoms with E-state index in [1.807, 2.05) is 17.9 Å². The summed E-state index contributed by atoms with van der Waals surface area (Å²) in [5, 5.41) is 5.58. The fraction of sp³-hybridized carbons (Fsp3) is 0.688. The molecule has 1 aliphatic heterocycles. The Balaban J connectivity index is 2.03. The lowest BCUT2D eigenvalue weighted by molar-refractivity contribution is -0.130. The Kier molecular flexibility index (Phi) is 6.21. The van der Waals surface area contributed by atoms with E-state index < -0.39 is 0 Å². The Bertz CT molecular complexity index is 433. The van der Waals surface area contributed by atoms with Crippen molar-refractivity contribution in [2.45, 2.75) is 45.8 Å². The monoisotopic (exact) mass is 310 g/mol. The third-order valence-electron chi connectivity index (χ3n) is 3.66. The van der Waals surface area contributed by atoms with Gasteiger partial charge in [-0.2, -0.15) is 0 Å². The van der Waals surface area contributed by atoms with Gasteiger partial charge < -0.3 is 9.64 Å². The molecular weight excluding hydrogens is 284 g/mol. The molecule has 0 bridgehead atoms. The number of hydrogen-bond acceptors (Lipinski definition) is 4. The zero-order valence-corrected chi connectivity index (χ0v) is 14.0. The molecule has 1 saturated heterocycles. The van der Waals surface area contributed by atoms with Crippen LogP contribution in [0.3, 0.4) is 0 Å². The van der Waals surface area contributed by atoms with Gasteiger partial charge >= 0.3 is 0 Å². The highest BCUT2D eigenvalue weighted by molar-refractivity contribution is 7.10. The minimum Gasteiger partial charge on any atom is -0.382 e. The Morgan fingerprint density at radius 3 is 2.90 bits per heavy atom. The summed E-state index contributed by atoms with van der Waals surface area (Å²) in [6.07, 6.45) is 1.81. The van der Waals surface area contributed by atoms with Crippen LogP contribution in [0.15, 0.2) is 17.5 Å². The number of nitrogens with one attached hydrogen (secondary N) is 1. The lowest BCUT2D eigenvalue weighted by atomic mass is 10.0. The van der Waals surface area contributed by atoms with E-state index in [-0.39, 0.29) is 18.1 Å². The van der Waals surface area contributed by atoms with Gasteiger partial charge in [-0.1, -0.05) is 19.9 Å². The number of carbonyl (C=O) groups is 1. The number of ether oxygens (including phenoxy) is 1. The van der Waals surface area contributed by atoms with E-state index in [0.717, 1.165) is 26.0 Å². The Labute approximate surface area is 131 Å². The van der Waals surface area contributed by atoms with E-state index in [9.17, 15) is 4.79 Å². The van der Waals surface area contributed by atoms with Crippen molar-refractivity contribution in [1.29, 1.82) is 0 Å². The zero-order valence-electron chi connectivity index (χ0n) is 13.2. The van der Waals surface area contributed by atoms with Crippen LogP contribution in [0.25, 0.3) is 0 Å². The van der Waals surface area contributed by atoms with Crippen LogP contribution in [0.4, 0.5) is 0 Å². The molecule has 1 aromatic heterocycles. The van der Waals surface area contributed by atoms with E-state index >= 15 is 0 Å². The number of hydrogen-bond donors (Lipinski definition) is 1. The van der Waals surface area contributed by atoms with E-state index in [1.54, 1.807) is 11.3 Å². The quantitative estimate of drug-likeness (QED) is 0.751. The molecule has 118 valence electrons. The molecule has 1 aliphatic rings. The normalized spacial score (nSPS) is 22.5. The third kappa shape index (κ3) is 4.28. The van der Waals surface area contributed by atoms with Gasteiger partial charge in [0.2, 0.25) is 5.91 Å². The topological polar surface area (TPSA) is 41.6 Å². The summed E-state index contributed by atoms with van der Waals surface area (Å²) in [6, 6.07) is 4.09. The fourth-order valence-corrected chi connectivity index (χ4v) is 3.52. The molecular formula is C16H26N2O2S. The second-order valence-corrected chi connectivity index (χ2v) is 6.83. The van der Waals surface area contributed by atoms with Crippen molar-refractivity contribution in [2.24, 2.45) is 5.92 Å². The van der Waals surface area contributed by atoms with Gasteiger partial charge in [-0.15, -0.1) is 11.3 Å². The smallest absolute Gasteiger partial charge is 0.241 e. The molecule has 0 aliphatic carbocycles. The summed E-state index contributed by atoms with van der Waals surface area (Å²) < 4.78 is 5.39. The summed E-state index contributed by atoms with van der Waals surface area (Å²) in [5.74, 6) is 0.748. The number of amides is 1. The zero-order chi connectivity index (χ0) is 15.2. The first-order chi connectivity index (χ1) is 10.1. The molecule has 0 spiro atoms. The van der Waals surface area contributed by atoms with Gasteiger partial charge in [-0.05, 0) is 37.1 Å². The van der Waals surface area contributed by atoms with Crippen LogP contribution in [0.1, 0.15) is 44.7 Å². The van der Waals surface area contributed by atoms with Crippen LogP contribution in [0, 0.1) is 5.92 Å². The lowest BCUT2D eigenvalue weighted by Crippen LogP contribution is -2.32. The fourth-order valence-electron chi connectivity index (χ4n) is 2.72. The van der Waals surface area contributed by atoms with Crippen LogP contribution >= 0.6 is 11.3 Å². The molecule has 21 heavy (non-hydrogen) atoms. The minimum atomic E-state index is -0.0517. The van der Waals surface area contributed by atoms with Crippen LogP contribution < -0.4 is 5.32 Å². The average molecular weight is 310 g/mol. The van der Waals surface area contributed by atoms with E-state index in [0.29, 0.717) is 12.5 Å². The Morgan fingerprint density at radius 1 is 1.48 bits per heavy atom. The first kappa shape index (κ1) is 16.5. The van der Waals surface area contributed by atoms with Crippen LogP contribution in [-0.2, 0) is 9.53 Å². The molecule has 1 fully saturated rings. The van der Waals surface area contributed by atoms with Gasteiger partial charge in [-0.3, -0.25) is 10.1 Å². The largest absolute Gasteiger partial charge is 0.382 e. The van der Waals surface area contributed by atoms with Gasteiger partial charge in [-0.25, -0.2) is 0 Å². The molecule has 4 nitrogen and oxygen atoms in total. The lowest BCUT2D eigenvalue weighted by Gasteiger charge is -2.23. The Morgan fingerprint density at radius 2 is 2.29 bits per heavy atom. The summed E-state index contributed by atoms with van der Waals surface area (Å²) in [4.78, 5) is 15.8.